The lowest BCUT2D eigenvalue weighted by atomic mass is 10.2. The van der Waals surface area contributed by atoms with Crippen molar-refractivity contribution in [3.05, 3.63) is 43.0 Å². The van der Waals surface area contributed by atoms with Gasteiger partial charge in [-0.2, -0.15) is 10.2 Å². The zero-order valence-corrected chi connectivity index (χ0v) is 15.4. The number of carbonyl (C=O) groups is 1. The van der Waals surface area contributed by atoms with Crippen molar-refractivity contribution in [3.8, 4) is 5.75 Å². The van der Waals surface area contributed by atoms with Crippen molar-refractivity contribution in [3.63, 3.8) is 0 Å². The molecular formula is C12H9Br3N4O2. The van der Waals surface area contributed by atoms with Crippen molar-refractivity contribution < 1.29 is 9.90 Å². The lowest BCUT2D eigenvalue weighted by molar-refractivity contribution is 0.0948. The van der Waals surface area contributed by atoms with Crippen LogP contribution in [0.4, 0.5) is 0 Å². The molecule has 0 radical (unpaired) electrons. The van der Waals surface area contributed by atoms with Crippen LogP contribution in [-0.4, -0.2) is 27.0 Å². The van der Waals surface area contributed by atoms with Crippen LogP contribution in [0.15, 0.2) is 36.8 Å². The van der Waals surface area contributed by atoms with Gasteiger partial charge in [0.25, 0.3) is 5.91 Å². The largest absolute Gasteiger partial charge is 0.506 e. The summed E-state index contributed by atoms with van der Waals surface area (Å²) in [6.07, 6.45) is 3.14. The molecule has 0 aliphatic heterocycles. The number of nitrogens with zero attached hydrogens (tertiary/aromatic N) is 3. The van der Waals surface area contributed by atoms with E-state index in [0.717, 1.165) is 0 Å². The number of benzene rings is 1. The number of phenolic OH excluding ortho intramolecular Hbond substituents is 1. The maximum atomic E-state index is 11.9. The number of halogens is 3. The fraction of sp³-hybridized carbons (Fsp3) is 0.0833. The fourth-order valence-electron chi connectivity index (χ4n) is 1.49. The van der Waals surface area contributed by atoms with Gasteiger partial charge in [0.1, 0.15) is 5.75 Å². The van der Waals surface area contributed by atoms with E-state index >= 15 is 0 Å². The molecule has 2 rings (SSSR count). The van der Waals surface area contributed by atoms with Crippen LogP contribution in [0, 0.1) is 0 Å². The number of aromatic hydroxyl groups is 1. The van der Waals surface area contributed by atoms with Gasteiger partial charge in [0.05, 0.1) is 19.6 Å². The third-order valence-electron chi connectivity index (χ3n) is 2.42. The number of hydrogen-bond donors (Lipinski definition) is 2. The van der Waals surface area contributed by atoms with Crippen LogP contribution in [0.5, 0.6) is 5.75 Å². The van der Waals surface area contributed by atoms with E-state index in [1.807, 2.05) is 0 Å². The molecule has 1 amide bonds. The Hall–Kier alpha value is -1.19. The molecule has 0 aliphatic rings. The summed E-state index contributed by atoms with van der Waals surface area (Å²) in [7, 11) is 1.72. The van der Waals surface area contributed by atoms with E-state index in [1.54, 1.807) is 25.4 Å². The van der Waals surface area contributed by atoms with Crippen LogP contribution in [0.2, 0.25) is 0 Å². The van der Waals surface area contributed by atoms with E-state index in [4.69, 9.17) is 0 Å². The minimum absolute atomic E-state index is 0.105. The molecule has 110 valence electrons. The number of aryl methyl sites for hydroxylation is 1. The molecule has 1 aromatic carbocycles. The summed E-state index contributed by atoms with van der Waals surface area (Å²) in [5.41, 5.74) is 3.34. The predicted octanol–water partition coefficient (Wildman–Crippen LogP) is 3.18. The first-order valence-corrected chi connectivity index (χ1v) is 7.97. The Labute approximate surface area is 145 Å². The van der Waals surface area contributed by atoms with Crippen LogP contribution in [0.3, 0.4) is 0 Å². The fourth-order valence-corrected chi connectivity index (χ4v) is 3.27. The number of phenols is 1. The second-order valence-corrected chi connectivity index (χ2v) is 6.59. The lowest BCUT2D eigenvalue weighted by Crippen LogP contribution is -2.19. The summed E-state index contributed by atoms with van der Waals surface area (Å²) in [5.74, 6) is -0.316. The maximum Gasteiger partial charge on any atom is 0.293 e. The van der Waals surface area contributed by atoms with Crippen molar-refractivity contribution in [2.75, 3.05) is 0 Å². The van der Waals surface area contributed by atoms with E-state index in [1.165, 1.54) is 10.9 Å². The van der Waals surface area contributed by atoms with E-state index in [9.17, 15) is 9.90 Å². The zero-order valence-electron chi connectivity index (χ0n) is 10.6. The Kier molecular flexibility index (Phi) is 5.17. The summed E-state index contributed by atoms with van der Waals surface area (Å²) in [6, 6.07) is 3.35. The van der Waals surface area contributed by atoms with Gasteiger partial charge >= 0.3 is 0 Å². The normalized spacial score (nSPS) is 11.0. The Morgan fingerprint density at radius 2 is 1.95 bits per heavy atom. The van der Waals surface area contributed by atoms with Crippen molar-refractivity contribution in [2.45, 2.75) is 0 Å². The number of nitrogens with one attached hydrogen (secondary N) is 1. The van der Waals surface area contributed by atoms with Gasteiger partial charge in [-0.3, -0.25) is 9.48 Å². The topological polar surface area (TPSA) is 79.5 Å². The molecule has 0 atom stereocenters. The van der Waals surface area contributed by atoms with Crippen molar-refractivity contribution in [2.24, 2.45) is 12.1 Å². The molecule has 0 aliphatic carbocycles. The average molecular weight is 481 g/mol. The highest BCUT2D eigenvalue weighted by atomic mass is 79.9. The van der Waals surface area contributed by atoms with E-state index in [0.29, 0.717) is 19.0 Å². The van der Waals surface area contributed by atoms with Gasteiger partial charge in [-0.1, -0.05) is 0 Å². The van der Waals surface area contributed by atoms with Crippen molar-refractivity contribution in [1.29, 1.82) is 0 Å². The first kappa shape index (κ1) is 16.2. The molecule has 21 heavy (non-hydrogen) atoms. The Morgan fingerprint density at radius 1 is 1.33 bits per heavy atom. The molecule has 6 nitrogen and oxygen atoms in total. The lowest BCUT2D eigenvalue weighted by Gasteiger charge is -2.02. The number of amides is 1. The van der Waals surface area contributed by atoms with Crippen molar-refractivity contribution in [1.82, 2.24) is 15.2 Å². The van der Waals surface area contributed by atoms with E-state index in [2.05, 4.69) is 63.4 Å². The summed E-state index contributed by atoms with van der Waals surface area (Å²) >= 11 is 9.68. The van der Waals surface area contributed by atoms with Gasteiger partial charge in [0.15, 0.2) is 5.69 Å². The quantitative estimate of drug-likeness (QED) is 0.523. The number of hydrazone groups is 1. The molecule has 1 aromatic heterocycles. The second-order valence-electron chi connectivity index (χ2n) is 4.03. The molecule has 2 N–H and O–H groups in total. The number of rotatable bonds is 3. The summed E-state index contributed by atoms with van der Waals surface area (Å²) in [5, 5.41) is 17.5. The minimum atomic E-state index is -0.421. The Morgan fingerprint density at radius 3 is 2.48 bits per heavy atom. The number of hydrogen-bond acceptors (Lipinski definition) is 4. The van der Waals surface area contributed by atoms with Crippen LogP contribution in [-0.2, 0) is 7.05 Å². The highest BCUT2D eigenvalue weighted by Crippen LogP contribution is 2.32. The molecule has 0 saturated heterocycles. The van der Waals surface area contributed by atoms with Crippen LogP contribution in [0.1, 0.15) is 16.1 Å². The van der Waals surface area contributed by atoms with Gasteiger partial charge in [0.2, 0.25) is 0 Å². The van der Waals surface area contributed by atoms with E-state index in [-0.39, 0.29) is 11.4 Å². The highest BCUT2D eigenvalue weighted by Gasteiger charge is 2.13. The SMILES string of the molecule is Cn1cc(Br)c(C(=O)N/N=C\c2cc(Br)c(O)c(Br)c2)n1. The van der Waals surface area contributed by atoms with Gasteiger partial charge in [-0.05, 0) is 65.5 Å². The van der Waals surface area contributed by atoms with Gasteiger partial charge in [0, 0.05) is 13.2 Å². The minimum Gasteiger partial charge on any atom is -0.506 e. The van der Waals surface area contributed by atoms with Gasteiger partial charge in [-0.25, -0.2) is 5.43 Å². The summed E-state index contributed by atoms with van der Waals surface area (Å²) in [6.45, 7) is 0. The van der Waals surface area contributed by atoms with Crippen LogP contribution in [0.25, 0.3) is 0 Å². The second kappa shape index (κ2) is 6.71. The summed E-state index contributed by atoms with van der Waals surface area (Å²) in [4.78, 5) is 11.9. The van der Waals surface area contributed by atoms with Crippen LogP contribution < -0.4 is 5.43 Å². The number of aromatic nitrogens is 2. The van der Waals surface area contributed by atoms with E-state index < -0.39 is 5.91 Å². The summed E-state index contributed by atoms with van der Waals surface area (Å²) < 4.78 is 3.17. The molecule has 9 heteroatoms. The number of carbonyl (C=O) groups excluding carboxylic acids is 1. The van der Waals surface area contributed by atoms with Gasteiger partial charge in [-0.15, -0.1) is 0 Å². The van der Waals surface area contributed by atoms with Crippen LogP contribution >= 0.6 is 47.8 Å². The zero-order chi connectivity index (χ0) is 15.6. The molecule has 0 bridgehead atoms. The van der Waals surface area contributed by atoms with Gasteiger partial charge < -0.3 is 5.11 Å². The Balaban J connectivity index is 2.09. The first-order valence-electron chi connectivity index (χ1n) is 5.59. The third kappa shape index (κ3) is 3.92. The average Bonchev–Trinajstić information content (AvgIpc) is 2.75. The highest BCUT2D eigenvalue weighted by molar-refractivity contribution is 9.11. The molecule has 2 aromatic rings. The standard InChI is InChI=1S/C12H9Br3N4O2/c1-19-5-9(15)10(18-19)12(21)17-16-4-6-2-7(13)11(20)8(14)3-6/h2-5,20H,1H3,(H,17,21)/b16-4-. The van der Waals surface area contributed by atoms with Crippen molar-refractivity contribution >= 4 is 59.9 Å². The smallest absolute Gasteiger partial charge is 0.293 e. The maximum absolute atomic E-state index is 11.9. The molecule has 0 saturated carbocycles. The monoisotopic (exact) mass is 478 g/mol. The first-order chi connectivity index (χ1) is 9.88. The predicted molar refractivity (Wildman–Crippen MR) is 89.5 cm³/mol. The molecule has 0 unspecified atom stereocenters. The Bertz CT molecular complexity index is 704. The molecule has 0 fully saturated rings. The molecular weight excluding hydrogens is 472 g/mol. The molecule has 1 heterocycles. The molecule has 0 spiro atoms. The third-order valence-corrected chi connectivity index (χ3v) is 4.21.